The number of aromatic hydroxyl groups is 1. The minimum atomic E-state index is 0.154. The van der Waals surface area contributed by atoms with Gasteiger partial charge in [-0.3, -0.25) is 0 Å². The predicted octanol–water partition coefficient (Wildman–Crippen LogP) is 4.46. The lowest BCUT2D eigenvalue weighted by Gasteiger charge is -2.21. The Labute approximate surface area is 119 Å². The van der Waals surface area contributed by atoms with Gasteiger partial charge in [0.1, 0.15) is 5.75 Å². The van der Waals surface area contributed by atoms with E-state index < -0.39 is 0 Å². The fourth-order valence-corrected chi connectivity index (χ4v) is 2.34. The smallest absolute Gasteiger partial charge is 0.115 e. The third-order valence-electron chi connectivity index (χ3n) is 3.22. The Morgan fingerprint density at radius 1 is 0.947 bits per heavy atom. The molecule has 2 aromatic carbocycles. The van der Waals surface area contributed by atoms with Gasteiger partial charge >= 0.3 is 0 Å². The molecular formula is C16H18ClNO. The summed E-state index contributed by atoms with van der Waals surface area (Å²) < 4.78 is 0. The highest BCUT2D eigenvalue weighted by molar-refractivity contribution is 6.30. The van der Waals surface area contributed by atoms with Crippen molar-refractivity contribution < 1.29 is 5.11 Å². The van der Waals surface area contributed by atoms with Gasteiger partial charge in [-0.05, 0) is 49.2 Å². The summed E-state index contributed by atoms with van der Waals surface area (Å²) in [5.74, 6) is 0.293. The fraction of sp³-hybridized carbons (Fsp3) is 0.250. The predicted molar refractivity (Wildman–Crippen MR) is 79.5 cm³/mol. The van der Waals surface area contributed by atoms with Crippen LogP contribution in [-0.4, -0.2) is 5.11 Å². The van der Waals surface area contributed by atoms with Crippen LogP contribution in [0.3, 0.4) is 0 Å². The van der Waals surface area contributed by atoms with Gasteiger partial charge in [0.15, 0.2) is 0 Å². The lowest BCUT2D eigenvalue weighted by Crippen LogP contribution is -2.22. The molecule has 2 N–H and O–H groups in total. The Hall–Kier alpha value is -1.51. The molecule has 0 spiro atoms. The zero-order valence-electron chi connectivity index (χ0n) is 11.1. The summed E-state index contributed by atoms with van der Waals surface area (Å²) >= 11 is 6.00. The maximum Gasteiger partial charge on any atom is 0.115 e. The molecule has 2 aromatic rings. The normalized spacial score (nSPS) is 14.1. The Morgan fingerprint density at radius 3 is 2.11 bits per heavy atom. The van der Waals surface area contributed by atoms with Crippen molar-refractivity contribution in [1.82, 2.24) is 5.32 Å². The number of hydrogen-bond donors (Lipinski definition) is 2. The van der Waals surface area contributed by atoms with Crippen LogP contribution in [0.15, 0.2) is 48.5 Å². The van der Waals surface area contributed by atoms with Gasteiger partial charge in [0.25, 0.3) is 0 Å². The molecule has 100 valence electrons. The van der Waals surface area contributed by atoms with Crippen molar-refractivity contribution in [2.75, 3.05) is 0 Å². The molecule has 0 bridgehead atoms. The van der Waals surface area contributed by atoms with Crippen molar-refractivity contribution in [2.45, 2.75) is 25.9 Å². The fourth-order valence-electron chi connectivity index (χ4n) is 2.14. The average Bonchev–Trinajstić information content (AvgIpc) is 2.38. The lowest BCUT2D eigenvalue weighted by atomic mass is 10.0. The topological polar surface area (TPSA) is 32.3 Å². The second kappa shape index (κ2) is 6.09. The summed E-state index contributed by atoms with van der Waals surface area (Å²) in [6, 6.07) is 15.5. The second-order valence-electron chi connectivity index (χ2n) is 4.76. The van der Waals surface area contributed by atoms with Gasteiger partial charge in [-0.15, -0.1) is 0 Å². The first-order chi connectivity index (χ1) is 9.06. The first-order valence-electron chi connectivity index (χ1n) is 6.36. The van der Waals surface area contributed by atoms with Gasteiger partial charge in [0.05, 0.1) is 0 Å². The molecule has 0 saturated carbocycles. The molecule has 0 aliphatic carbocycles. The van der Waals surface area contributed by atoms with Gasteiger partial charge in [-0.1, -0.05) is 35.9 Å². The molecule has 2 atom stereocenters. The van der Waals surface area contributed by atoms with Gasteiger partial charge in [0, 0.05) is 17.1 Å². The van der Waals surface area contributed by atoms with E-state index in [0.717, 1.165) is 16.1 Å². The van der Waals surface area contributed by atoms with E-state index in [1.54, 1.807) is 12.1 Å². The van der Waals surface area contributed by atoms with Crippen molar-refractivity contribution >= 4 is 11.6 Å². The zero-order chi connectivity index (χ0) is 13.8. The van der Waals surface area contributed by atoms with E-state index in [9.17, 15) is 5.11 Å². The number of phenolic OH excluding ortho intramolecular Hbond substituents is 1. The van der Waals surface area contributed by atoms with Crippen LogP contribution >= 0.6 is 11.6 Å². The van der Waals surface area contributed by atoms with Gasteiger partial charge < -0.3 is 10.4 Å². The minimum Gasteiger partial charge on any atom is -0.508 e. The van der Waals surface area contributed by atoms with Crippen LogP contribution in [0.1, 0.15) is 37.1 Å². The number of benzene rings is 2. The van der Waals surface area contributed by atoms with Gasteiger partial charge in [0.2, 0.25) is 0 Å². The van der Waals surface area contributed by atoms with Crippen LogP contribution in [0, 0.1) is 0 Å². The first-order valence-corrected chi connectivity index (χ1v) is 6.74. The molecule has 0 heterocycles. The van der Waals surface area contributed by atoms with E-state index in [0.29, 0.717) is 5.75 Å². The largest absolute Gasteiger partial charge is 0.508 e. The summed E-state index contributed by atoms with van der Waals surface area (Å²) in [5, 5.41) is 13.7. The molecular weight excluding hydrogens is 258 g/mol. The monoisotopic (exact) mass is 275 g/mol. The summed E-state index contributed by atoms with van der Waals surface area (Å²) in [6.07, 6.45) is 0. The third kappa shape index (κ3) is 3.72. The molecule has 0 aliphatic rings. The molecule has 0 aliphatic heterocycles. The van der Waals surface area contributed by atoms with Crippen LogP contribution < -0.4 is 5.32 Å². The molecule has 0 amide bonds. The summed E-state index contributed by atoms with van der Waals surface area (Å²) in [5.41, 5.74) is 2.22. The number of halogens is 1. The van der Waals surface area contributed by atoms with Crippen LogP contribution in [-0.2, 0) is 0 Å². The lowest BCUT2D eigenvalue weighted by molar-refractivity contribution is 0.466. The van der Waals surface area contributed by atoms with Crippen molar-refractivity contribution in [3.05, 3.63) is 64.7 Å². The highest BCUT2D eigenvalue weighted by atomic mass is 35.5. The van der Waals surface area contributed by atoms with Crippen LogP contribution in [0.25, 0.3) is 0 Å². The van der Waals surface area contributed by atoms with Crippen LogP contribution in [0.2, 0.25) is 5.02 Å². The maximum atomic E-state index is 9.50. The Bertz CT molecular complexity index is 506. The van der Waals surface area contributed by atoms with Crippen molar-refractivity contribution in [1.29, 1.82) is 0 Å². The Balaban J connectivity index is 2.08. The number of rotatable bonds is 4. The molecule has 2 nitrogen and oxygen atoms in total. The van der Waals surface area contributed by atoms with E-state index in [2.05, 4.69) is 25.2 Å². The van der Waals surface area contributed by atoms with E-state index >= 15 is 0 Å². The molecule has 3 heteroatoms. The minimum absolute atomic E-state index is 0.154. The number of phenols is 1. The van der Waals surface area contributed by atoms with Gasteiger partial charge in [-0.25, -0.2) is 0 Å². The molecule has 0 radical (unpaired) electrons. The Morgan fingerprint density at radius 2 is 1.53 bits per heavy atom. The first kappa shape index (κ1) is 13.9. The van der Waals surface area contributed by atoms with Crippen molar-refractivity contribution in [3.63, 3.8) is 0 Å². The van der Waals surface area contributed by atoms with E-state index in [4.69, 9.17) is 11.6 Å². The molecule has 19 heavy (non-hydrogen) atoms. The van der Waals surface area contributed by atoms with Crippen LogP contribution in [0.5, 0.6) is 5.75 Å². The van der Waals surface area contributed by atoms with Crippen molar-refractivity contribution in [2.24, 2.45) is 0 Å². The maximum absolute atomic E-state index is 9.50. The summed E-state index contributed by atoms with van der Waals surface area (Å²) in [4.78, 5) is 0. The molecule has 2 unspecified atom stereocenters. The van der Waals surface area contributed by atoms with E-state index in [1.165, 1.54) is 0 Å². The zero-order valence-corrected chi connectivity index (χ0v) is 11.9. The van der Waals surface area contributed by atoms with E-state index in [-0.39, 0.29) is 12.1 Å². The van der Waals surface area contributed by atoms with E-state index in [1.807, 2.05) is 30.3 Å². The molecule has 0 saturated heterocycles. The quantitative estimate of drug-likeness (QED) is 0.864. The molecule has 0 fully saturated rings. The SMILES string of the molecule is CC(NC(C)c1cccc(Cl)c1)c1cccc(O)c1. The standard InChI is InChI=1S/C16H18ClNO/c1-11(13-5-3-7-15(17)9-13)18-12(2)14-6-4-8-16(19)10-14/h3-12,18-19H,1-2H3. The number of nitrogens with one attached hydrogen (secondary N) is 1. The molecule has 0 aromatic heterocycles. The average molecular weight is 276 g/mol. The summed E-state index contributed by atoms with van der Waals surface area (Å²) in [6.45, 7) is 4.18. The summed E-state index contributed by atoms with van der Waals surface area (Å²) in [7, 11) is 0. The van der Waals surface area contributed by atoms with Gasteiger partial charge in [-0.2, -0.15) is 0 Å². The second-order valence-corrected chi connectivity index (χ2v) is 5.20. The highest BCUT2D eigenvalue weighted by Gasteiger charge is 2.11. The van der Waals surface area contributed by atoms with Crippen LogP contribution in [0.4, 0.5) is 0 Å². The number of hydrogen-bond acceptors (Lipinski definition) is 2. The molecule has 2 rings (SSSR count). The Kier molecular flexibility index (Phi) is 4.46. The third-order valence-corrected chi connectivity index (χ3v) is 3.45. The van der Waals surface area contributed by atoms with Crippen molar-refractivity contribution in [3.8, 4) is 5.75 Å². The highest BCUT2D eigenvalue weighted by Crippen LogP contribution is 2.23.